The van der Waals surface area contributed by atoms with E-state index in [9.17, 15) is 14.4 Å². The molecule has 5 nitrogen and oxygen atoms in total. The molecule has 0 aromatic rings. The molecule has 4 aliphatic carbocycles. The van der Waals surface area contributed by atoms with Gasteiger partial charge in [-0.25, -0.2) is 0 Å². The molecule has 0 heterocycles. The molecule has 0 N–H and O–H groups in total. The number of ether oxygens (including phenoxy) is 2. The van der Waals surface area contributed by atoms with Gasteiger partial charge in [-0.15, -0.1) is 0 Å². The SMILES string of the molecule is CC(=O)OC1(OC(C)=O)C[C@@H]2[C@@H]3CC(=O)[C@@H]4[C@H]3C[C@H]2[C@H]41. The average Bonchev–Trinajstić information content (AvgIpc) is 2.92. The fourth-order valence-corrected chi connectivity index (χ4v) is 5.86. The van der Waals surface area contributed by atoms with E-state index in [4.69, 9.17) is 9.47 Å². The maximum absolute atomic E-state index is 12.3. The van der Waals surface area contributed by atoms with Crippen molar-refractivity contribution in [3.05, 3.63) is 0 Å². The second-order valence-electron chi connectivity index (χ2n) is 6.82. The quantitative estimate of drug-likeness (QED) is 0.562. The largest absolute Gasteiger partial charge is 0.422 e. The van der Waals surface area contributed by atoms with Crippen molar-refractivity contribution in [3.63, 3.8) is 0 Å². The maximum Gasteiger partial charge on any atom is 0.305 e. The summed E-state index contributed by atoms with van der Waals surface area (Å²) in [6, 6.07) is 0. The normalized spacial score (nSPS) is 45.8. The lowest BCUT2D eigenvalue weighted by atomic mass is 9.79. The lowest BCUT2D eigenvalue weighted by molar-refractivity contribution is -0.244. The third-order valence-electron chi connectivity index (χ3n) is 5.97. The predicted molar refractivity (Wildman–Crippen MR) is 66.1 cm³/mol. The van der Waals surface area contributed by atoms with Gasteiger partial charge in [0.15, 0.2) is 0 Å². The highest BCUT2D eigenvalue weighted by Gasteiger charge is 2.76. The van der Waals surface area contributed by atoms with Gasteiger partial charge in [-0.3, -0.25) is 14.4 Å². The lowest BCUT2D eigenvalue weighted by Crippen LogP contribution is -2.46. The first kappa shape index (κ1) is 12.4. The fourth-order valence-electron chi connectivity index (χ4n) is 5.86. The smallest absolute Gasteiger partial charge is 0.305 e. The molecule has 0 radical (unpaired) electrons. The average molecular weight is 278 g/mol. The number of ketones is 1. The first-order valence-corrected chi connectivity index (χ1v) is 7.35. The van der Waals surface area contributed by atoms with E-state index in [1.165, 1.54) is 13.8 Å². The molecule has 0 saturated heterocycles. The predicted octanol–water partition coefficient (Wildman–Crippen LogP) is 1.30. The molecule has 4 saturated carbocycles. The number of esters is 2. The summed E-state index contributed by atoms with van der Waals surface area (Å²) in [4.78, 5) is 35.2. The van der Waals surface area contributed by atoms with Crippen molar-refractivity contribution in [1.82, 2.24) is 0 Å². The van der Waals surface area contributed by atoms with E-state index in [-0.39, 0.29) is 17.6 Å². The molecule has 0 unspecified atom stereocenters. The topological polar surface area (TPSA) is 69.7 Å². The molecule has 4 aliphatic rings. The lowest BCUT2D eigenvalue weighted by Gasteiger charge is -2.35. The molecular weight excluding hydrogens is 260 g/mol. The molecular formula is C15H18O5. The fraction of sp³-hybridized carbons (Fsp3) is 0.800. The van der Waals surface area contributed by atoms with Gasteiger partial charge in [0.05, 0.1) is 0 Å². The van der Waals surface area contributed by atoms with Crippen LogP contribution >= 0.6 is 0 Å². The molecule has 0 aromatic carbocycles. The number of carbonyl (C=O) groups excluding carboxylic acids is 3. The molecule has 5 heteroatoms. The van der Waals surface area contributed by atoms with Crippen LogP contribution in [0.25, 0.3) is 0 Å². The summed E-state index contributed by atoms with van der Waals surface area (Å²) in [5.74, 6) is -0.392. The Kier molecular flexibility index (Phi) is 2.24. The van der Waals surface area contributed by atoms with Gasteiger partial charge in [-0.2, -0.15) is 0 Å². The van der Waals surface area contributed by atoms with Gasteiger partial charge in [0.25, 0.3) is 5.79 Å². The van der Waals surface area contributed by atoms with Crippen LogP contribution in [0.2, 0.25) is 0 Å². The van der Waals surface area contributed by atoms with Crippen molar-refractivity contribution >= 4 is 17.7 Å². The van der Waals surface area contributed by atoms with Crippen LogP contribution < -0.4 is 0 Å². The van der Waals surface area contributed by atoms with Crippen LogP contribution in [0, 0.1) is 35.5 Å². The van der Waals surface area contributed by atoms with Crippen molar-refractivity contribution in [1.29, 1.82) is 0 Å². The first-order valence-electron chi connectivity index (χ1n) is 7.35. The second kappa shape index (κ2) is 3.62. The monoisotopic (exact) mass is 278 g/mol. The molecule has 6 atom stereocenters. The number of fused-ring (bicyclic) bond motifs is 2. The molecule has 4 fully saturated rings. The summed E-state index contributed by atoms with van der Waals surface area (Å²) in [7, 11) is 0. The van der Waals surface area contributed by atoms with Crippen molar-refractivity contribution < 1.29 is 23.9 Å². The van der Waals surface area contributed by atoms with Crippen LogP contribution in [-0.2, 0) is 23.9 Å². The molecule has 4 rings (SSSR count). The number of hydrogen-bond acceptors (Lipinski definition) is 5. The Morgan fingerprint density at radius 1 is 1.05 bits per heavy atom. The van der Waals surface area contributed by atoms with Gasteiger partial charge in [0.2, 0.25) is 0 Å². The second-order valence-corrected chi connectivity index (χ2v) is 6.82. The summed E-state index contributed by atoms with van der Waals surface area (Å²) < 4.78 is 11.0. The third kappa shape index (κ3) is 1.31. The molecule has 0 spiro atoms. The van der Waals surface area contributed by atoms with Crippen molar-refractivity contribution in [2.24, 2.45) is 35.5 Å². The highest BCUT2D eigenvalue weighted by atomic mass is 16.7. The highest BCUT2D eigenvalue weighted by molar-refractivity contribution is 5.86. The Balaban J connectivity index is 1.77. The van der Waals surface area contributed by atoms with Crippen molar-refractivity contribution in [2.45, 2.75) is 38.9 Å². The number of hydrogen-bond donors (Lipinski definition) is 0. The van der Waals surface area contributed by atoms with E-state index in [0.29, 0.717) is 36.5 Å². The Hall–Kier alpha value is -1.39. The first-order chi connectivity index (χ1) is 9.43. The zero-order valence-corrected chi connectivity index (χ0v) is 11.6. The van der Waals surface area contributed by atoms with E-state index in [1.807, 2.05) is 0 Å². The van der Waals surface area contributed by atoms with Gasteiger partial charge in [0, 0.05) is 38.5 Å². The molecule has 2 bridgehead atoms. The van der Waals surface area contributed by atoms with E-state index in [2.05, 4.69) is 0 Å². The Morgan fingerprint density at radius 2 is 1.70 bits per heavy atom. The number of Topliss-reactive ketones (excluding diaryl/α,β-unsaturated/α-hetero) is 1. The van der Waals surface area contributed by atoms with Gasteiger partial charge >= 0.3 is 11.9 Å². The van der Waals surface area contributed by atoms with Crippen LogP contribution in [0.1, 0.15) is 33.1 Å². The molecule has 0 amide bonds. The van der Waals surface area contributed by atoms with Gasteiger partial charge in [-0.05, 0) is 30.1 Å². The van der Waals surface area contributed by atoms with Gasteiger partial charge < -0.3 is 9.47 Å². The zero-order chi connectivity index (χ0) is 14.2. The molecule has 0 aromatic heterocycles. The minimum atomic E-state index is -1.18. The summed E-state index contributed by atoms with van der Waals surface area (Å²) in [6.45, 7) is 2.66. The summed E-state index contributed by atoms with van der Waals surface area (Å²) in [5, 5.41) is 0. The Morgan fingerprint density at radius 3 is 2.30 bits per heavy atom. The van der Waals surface area contributed by atoms with Crippen LogP contribution in [0.5, 0.6) is 0 Å². The van der Waals surface area contributed by atoms with Gasteiger partial charge in [0.1, 0.15) is 5.78 Å². The van der Waals surface area contributed by atoms with Crippen molar-refractivity contribution in [2.75, 3.05) is 0 Å². The molecule has 20 heavy (non-hydrogen) atoms. The Bertz CT molecular complexity index is 508. The Labute approximate surface area is 117 Å². The summed E-state index contributed by atoms with van der Waals surface area (Å²) >= 11 is 0. The van der Waals surface area contributed by atoms with E-state index >= 15 is 0 Å². The molecule has 0 aliphatic heterocycles. The minimum absolute atomic E-state index is 0.0672. The van der Waals surface area contributed by atoms with Crippen LogP contribution in [0.15, 0.2) is 0 Å². The summed E-state index contributed by atoms with van der Waals surface area (Å²) in [5.41, 5.74) is 0. The third-order valence-corrected chi connectivity index (χ3v) is 5.97. The van der Waals surface area contributed by atoms with Gasteiger partial charge in [-0.1, -0.05) is 0 Å². The standard InChI is InChI=1S/C15H18O5/c1-6(16)19-15(20-7(2)17)5-11-8-4-12(18)13-9(8)3-10(11)14(13)15/h8-11,13-14H,3-5H2,1-2H3/t8-,9+,10-,11-,13+,14-/m1/s1. The van der Waals surface area contributed by atoms with Crippen LogP contribution in [-0.4, -0.2) is 23.5 Å². The van der Waals surface area contributed by atoms with E-state index < -0.39 is 17.7 Å². The highest BCUT2D eigenvalue weighted by Crippen LogP contribution is 2.72. The number of carbonyl (C=O) groups is 3. The minimum Gasteiger partial charge on any atom is -0.422 e. The van der Waals surface area contributed by atoms with Crippen LogP contribution in [0.4, 0.5) is 0 Å². The van der Waals surface area contributed by atoms with E-state index in [1.54, 1.807) is 0 Å². The maximum atomic E-state index is 12.3. The number of rotatable bonds is 2. The molecule has 108 valence electrons. The zero-order valence-electron chi connectivity index (χ0n) is 11.6. The van der Waals surface area contributed by atoms with E-state index in [0.717, 1.165) is 6.42 Å². The van der Waals surface area contributed by atoms with Crippen LogP contribution in [0.3, 0.4) is 0 Å². The van der Waals surface area contributed by atoms with Crippen molar-refractivity contribution in [3.8, 4) is 0 Å². The summed E-state index contributed by atoms with van der Waals surface area (Å²) in [6.07, 6.45) is 2.27.